The number of amides is 1. The molecule has 0 fully saturated rings. The number of carbonyl (C=O) groups excluding carboxylic acids is 1. The van der Waals surface area contributed by atoms with Crippen molar-refractivity contribution in [2.24, 2.45) is 0 Å². The molecular weight excluding hydrogens is 416 g/mol. The van der Waals surface area contributed by atoms with Gasteiger partial charge >= 0.3 is 0 Å². The summed E-state index contributed by atoms with van der Waals surface area (Å²) in [4.78, 5) is 12.8. The number of nitrogens with one attached hydrogen (secondary N) is 2. The highest BCUT2D eigenvalue weighted by atomic mass is 32.2. The summed E-state index contributed by atoms with van der Waals surface area (Å²) in [6.45, 7) is 3.88. The summed E-state index contributed by atoms with van der Waals surface area (Å²) < 4.78 is 38.4. The average molecular weight is 441 g/mol. The summed E-state index contributed by atoms with van der Waals surface area (Å²) in [5, 5.41) is 2.74. The van der Waals surface area contributed by atoms with Crippen molar-refractivity contribution in [2.75, 3.05) is 24.3 Å². The Morgan fingerprint density at radius 2 is 1.52 bits per heavy atom. The zero-order valence-electron chi connectivity index (χ0n) is 17.7. The van der Waals surface area contributed by atoms with Gasteiger partial charge in [0.1, 0.15) is 0 Å². The fraction of sp³-hybridized carbons (Fsp3) is 0.174. The number of hydrogen-bond acceptors (Lipinski definition) is 5. The van der Waals surface area contributed by atoms with Crippen molar-refractivity contribution in [3.8, 4) is 11.5 Å². The van der Waals surface area contributed by atoms with Crippen LogP contribution in [0.15, 0.2) is 65.6 Å². The van der Waals surface area contributed by atoms with Gasteiger partial charge in [-0.15, -0.1) is 0 Å². The van der Waals surface area contributed by atoms with E-state index in [1.54, 1.807) is 30.3 Å². The number of carbonyl (C=O) groups is 1. The first-order valence-corrected chi connectivity index (χ1v) is 11.0. The topological polar surface area (TPSA) is 93.7 Å². The van der Waals surface area contributed by atoms with Crippen LogP contribution < -0.4 is 19.5 Å². The molecule has 0 bridgehead atoms. The molecule has 3 aromatic carbocycles. The molecular formula is C23H24N2O5S. The van der Waals surface area contributed by atoms with E-state index in [9.17, 15) is 13.2 Å². The molecule has 31 heavy (non-hydrogen) atoms. The molecule has 0 unspecified atom stereocenters. The monoisotopic (exact) mass is 440 g/mol. The van der Waals surface area contributed by atoms with Crippen molar-refractivity contribution in [3.05, 3.63) is 77.4 Å². The third-order valence-corrected chi connectivity index (χ3v) is 6.23. The van der Waals surface area contributed by atoms with E-state index >= 15 is 0 Å². The molecule has 0 aliphatic carbocycles. The zero-order valence-corrected chi connectivity index (χ0v) is 18.5. The third-order valence-electron chi connectivity index (χ3n) is 4.83. The minimum Gasteiger partial charge on any atom is -0.493 e. The van der Waals surface area contributed by atoms with Crippen LogP contribution in [-0.4, -0.2) is 28.5 Å². The van der Waals surface area contributed by atoms with Crippen molar-refractivity contribution in [3.63, 3.8) is 0 Å². The van der Waals surface area contributed by atoms with Gasteiger partial charge in [-0.1, -0.05) is 12.1 Å². The summed E-state index contributed by atoms with van der Waals surface area (Å²) in [6.07, 6.45) is 0. The molecule has 0 saturated carbocycles. The number of hydrogen-bond donors (Lipinski definition) is 2. The fourth-order valence-corrected chi connectivity index (χ4v) is 4.05. The highest BCUT2D eigenvalue weighted by molar-refractivity contribution is 7.92. The first kappa shape index (κ1) is 22.2. The predicted molar refractivity (Wildman–Crippen MR) is 121 cm³/mol. The van der Waals surface area contributed by atoms with Gasteiger partial charge in [0.05, 0.1) is 24.7 Å². The molecule has 0 spiro atoms. The molecule has 0 saturated heterocycles. The second-order valence-corrected chi connectivity index (χ2v) is 8.61. The van der Waals surface area contributed by atoms with Crippen LogP contribution in [0.25, 0.3) is 0 Å². The number of methoxy groups -OCH3 is 2. The number of aryl methyl sites for hydroxylation is 2. The van der Waals surface area contributed by atoms with Crippen LogP contribution in [0.2, 0.25) is 0 Å². The van der Waals surface area contributed by atoms with Crippen LogP contribution in [0.4, 0.5) is 11.4 Å². The molecule has 2 N–H and O–H groups in total. The molecule has 3 aromatic rings. The van der Waals surface area contributed by atoms with E-state index in [1.165, 1.54) is 38.5 Å². The number of benzene rings is 3. The molecule has 1 amide bonds. The number of ether oxygens (including phenoxy) is 2. The highest BCUT2D eigenvalue weighted by Gasteiger charge is 2.18. The lowest BCUT2D eigenvalue weighted by atomic mass is 10.1. The van der Waals surface area contributed by atoms with E-state index in [4.69, 9.17) is 9.47 Å². The Morgan fingerprint density at radius 1 is 0.839 bits per heavy atom. The average Bonchev–Trinajstić information content (AvgIpc) is 2.75. The standard InChI is InChI=1S/C23H24N2O5S/c1-15-8-9-18(14-16(15)2)25-31(27,28)19-12-10-17(11-13-19)24-23(26)20-6-5-7-21(29-3)22(20)30-4/h5-14,25H,1-4H3,(H,24,26). The molecule has 8 heteroatoms. The van der Waals surface area contributed by atoms with Gasteiger partial charge in [-0.25, -0.2) is 8.42 Å². The van der Waals surface area contributed by atoms with Crippen molar-refractivity contribution < 1.29 is 22.7 Å². The van der Waals surface area contributed by atoms with E-state index < -0.39 is 15.9 Å². The molecule has 3 rings (SSSR count). The van der Waals surface area contributed by atoms with Crippen molar-refractivity contribution in [1.29, 1.82) is 0 Å². The maximum Gasteiger partial charge on any atom is 0.261 e. The lowest BCUT2D eigenvalue weighted by molar-refractivity contribution is 0.102. The minimum atomic E-state index is -3.76. The molecule has 0 aliphatic rings. The van der Waals surface area contributed by atoms with E-state index in [0.717, 1.165) is 11.1 Å². The summed E-state index contributed by atoms with van der Waals surface area (Å²) in [7, 11) is -0.813. The minimum absolute atomic E-state index is 0.0858. The second kappa shape index (κ2) is 9.09. The number of sulfonamides is 1. The molecule has 0 radical (unpaired) electrons. The second-order valence-electron chi connectivity index (χ2n) is 6.92. The van der Waals surface area contributed by atoms with Crippen molar-refractivity contribution in [2.45, 2.75) is 18.7 Å². The van der Waals surface area contributed by atoms with Gasteiger partial charge in [0.25, 0.3) is 15.9 Å². The molecule has 0 aliphatic heterocycles. The molecule has 162 valence electrons. The van der Waals surface area contributed by atoms with Gasteiger partial charge < -0.3 is 14.8 Å². The SMILES string of the molecule is COc1cccc(C(=O)Nc2ccc(S(=O)(=O)Nc3ccc(C)c(C)c3)cc2)c1OC. The van der Waals surface area contributed by atoms with Crippen LogP contribution in [0, 0.1) is 13.8 Å². The van der Waals surface area contributed by atoms with E-state index in [0.29, 0.717) is 28.4 Å². The normalized spacial score (nSPS) is 11.0. The Balaban J connectivity index is 1.77. The Morgan fingerprint density at radius 3 is 2.13 bits per heavy atom. The molecule has 0 atom stereocenters. The lowest BCUT2D eigenvalue weighted by Crippen LogP contribution is -2.15. The van der Waals surface area contributed by atoms with Gasteiger partial charge in [0.2, 0.25) is 0 Å². The zero-order chi connectivity index (χ0) is 22.6. The Labute approximate surface area is 182 Å². The van der Waals surface area contributed by atoms with Gasteiger partial charge in [-0.05, 0) is 73.5 Å². The van der Waals surface area contributed by atoms with Crippen LogP contribution >= 0.6 is 0 Å². The van der Waals surface area contributed by atoms with E-state index in [-0.39, 0.29) is 4.90 Å². The van der Waals surface area contributed by atoms with Crippen LogP contribution in [0.3, 0.4) is 0 Å². The van der Waals surface area contributed by atoms with Gasteiger partial charge in [0.15, 0.2) is 11.5 Å². The quantitative estimate of drug-likeness (QED) is 0.569. The van der Waals surface area contributed by atoms with Gasteiger partial charge in [0, 0.05) is 11.4 Å². The number of rotatable bonds is 7. The largest absolute Gasteiger partial charge is 0.493 e. The maximum absolute atomic E-state index is 12.7. The van der Waals surface area contributed by atoms with Crippen molar-refractivity contribution in [1.82, 2.24) is 0 Å². The Kier molecular flexibility index (Phi) is 6.50. The van der Waals surface area contributed by atoms with Gasteiger partial charge in [-0.3, -0.25) is 9.52 Å². The summed E-state index contributed by atoms with van der Waals surface area (Å²) in [6, 6.07) is 16.3. The van der Waals surface area contributed by atoms with Crippen molar-refractivity contribution >= 4 is 27.3 Å². The summed E-state index contributed by atoms with van der Waals surface area (Å²) >= 11 is 0. The Hall–Kier alpha value is -3.52. The fourth-order valence-electron chi connectivity index (χ4n) is 3.00. The van der Waals surface area contributed by atoms with Crippen LogP contribution in [0.1, 0.15) is 21.5 Å². The predicted octanol–water partition coefficient (Wildman–Crippen LogP) is 4.37. The third kappa shape index (κ3) is 4.97. The highest BCUT2D eigenvalue weighted by Crippen LogP contribution is 2.31. The van der Waals surface area contributed by atoms with Crippen LogP contribution in [0.5, 0.6) is 11.5 Å². The smallest absolute Gasteiger partial charge is 0.261 e. The first-order chi connectivity index (χ1) is 14.7. The molecule has 7 nitrogen and oxygen atoms in total. The molecule has 0 aromatic heterocycles. The van der Waals surface area contributed by atoms with Gasteiger partial charge in [-0.2, -0.15) is 0 Å². The maximum atomic E-state index is 12.7. The van der Waals surface area contributed by atoms with Crippen LogP contribution in [-0.2, 0) is 10.0 Å². The first-order valence-electron chi connectivity index (χ1n) is 9.47. The summed E-state index contributed by atoms with van der Waals surface area (Å²) in [5.74, 6) is 0.355. The van der Waals surface area contributed by atoms with E-state index in [1.807, 2.05) is 19.9 Å². The summed E-state index contributed by atoms with van der Waals surface area (Å²) in [5.41, 5.74) is 3.31. The Bertz CT molecular complexity index is 1210. The number of para-hydroxylation sites is 1. The van der Waals surface area contributed by atoms with E-state index in [2.05, 4.69) is 10.0 Å². The molecule has 0 heterocycles. The lowest BCUT2D eigenvalue weighted by Gasteiger charge is -2.13. The number of anilines is 2.